The smallest absolute Gasteiger partial charge is 0.141 e. The van der Waals surface area contributed by atoms with E-state index in [2.05, 4.69) is 47.1 Å². The van der Waals surface area contributed by atoms with Gasteiger partial charge < -0.3 is 10.1 Å². The largest absolute Gasteiger partial charge is 0.487 e. The van der Waals surface area contributed by atoms with Crippen LogP contribution in [0.25, 0.3) is 10.9 Å². The SMILES string of the molecule is Clc1cc(Nc2ncnc3ccc(Br)cc23)ccc1OCc1ccccc1Br. The van der Waals surface area contributed by atoms with E-state index in [4.69, 9.17) is 16.3 Å². The summed E-state index contributed by atoms with van der Waals surface area (Å²) in [6.07, 6.45) is 1.54. The van der Waals surface area contributed by atoms with E-state index < -0.39 is 0 Å². The van der Waals surface area contributed by atoms with Crippen molar-refractivity contribution in [3.05, 3.63) is 86.5 Å². The second kappa shape index (κ2) is 8.47. The van der Waals surface area contributed by atoms with Gasteiger partial charge in [0.25, 0.3) is 0 Å². The van der Waals surface area contributed by atoms with Crippen molar-refractivity contribution < 1.29 is 4.74 Å². The van der Waals surface area contributed by atoms with Crippen LogP contribution >= 0.6 is 43.5 Å². The number of hydrogen-bond acceptors (Lipinski definition) is 4. The van der Waals surface area contributed by atoms with Gasteiger partial charge in [-0.1, -0.05) is 61.7 Å². The Morgan fingerprint density at radius 2 is 1.82 bits per heavy atom. The fraction of sp³-hybridized carbons (Fsp3) is 0.0476. The Bertz CT molecular complexity index is 1150. The van der Waals surface area contributed by atoms with Crippen LogP contribution in [0.2, 0.25) is 5.02 Å². The van der Waals surface area contributed by atoms with Crippen molar-refractivity contribution >= 4 is 65.9 Å². The Morgan fingerprint density at radius 3 is 2.64 bits per heavy atom. The van der Waals surface area contributed by atoms with E-state index in [1.54, 1.807) is 0 Å². The monoisotopic (exact) mass is 517 g/mol. The third-order valence-corrected chi connectivity index (χ3v) is 5.70. The quantitative estimate of drug-likeness (QED) is 0.305. The zero-order valence-electron chi connectivity index (χ0n) is 14.5. The lowest BCUT2D eigenvalue weighted by Crippen LogP contribution is -1.99. The molecule has 0 amide bonds. The summed E-state index contributed by atoms with van der Waals surface area (Å²) in [5.41, 5.74) is 2.73. The highest BCUT2D eigenvalue weighted by Crippen LogP contribution is 2.32. The number of halogens is 3. The number of nitrogens with one attached hydrogen (secondary N) is 1. The minimum atomic E-state index is 0.429. The van der Waals surface area contributed by atoms with Crippen molar-refractivity contribution in [3.63, 3.8) is 0 Å². The standard InChI is InChI=1S/C21H14Br2ClN3O/c22-14-5-7-19-16(9-14)21(26-12-25-19)27-15-6-8-20(18(24)10-15)28-11-13-3-1-2-4-17(13)23/h1-10,12H,11H2,(H,25,26,27). The highest BCUT2D eigenvalue weighted by Gasteiger charge is 2.08. The third kappa shape index (κ3) is 4.29. The molecule has 28 heavy (non-hydrogen) atoms. The third-order valence-electron chi connectivity index (χ3n) is 4.13. The van der Waals surface area contributed by atoms with Gasteiger partial charge in [0, 0.05) is 25.6 Å². The van der Waals surface area contributed by atoms with Crippen molar-refractivity contribution in [1.82, 2.24) is 9.97 Å². The summed E-state index contributed by atoms with van der Waals surface area (Å²) in [6.45, 7) is 0.429. The molecular formula is C21H14Br2ClN3O. The van der Waals surface area contributed by atoms with Crippen LogP contribution in [-0.4, -0.2) is 9.97 Å². The molecule has 0 saturated carbocycles. The van der Waals surface area contributed by atoms with Crippen molar-refractivity contribution in [2.45, 2.75) is 6.61 Å². The minimum absolute atomic E-state index is 0.429. The molecule has 0 spiro atoms. The first-order chi connectivity index (χ1) is 13.6. The lowest BCUT2D eigenvalue weighted by molar-refractivity contribution is 0.305. The van der Waals surface area contributed by atoms with E-state index >= 15 is 0 Å². The zero-order valence-corrected chi connectivity index (χ0v) is 18.4. The number of anilines is 2. The fourth-order valence-electron chi connectivity index (χ4n) is 2.73. The highest BCUT2D eigenvalue weighted by atomic mass is 79.9. The van der Waals surface area contributed by atoms with E-state index in [9.17, 15) is 0 Å². The molecule has 7 heteroatoms. The first-order valence-corrected chi connectivity index (χ1v) is 10.4. The molecule has 1 N–H and O–H groups in total. The topological polar surface area (TPSA) is 47.0 Å². The van der Waals surface area contributed by atoms with Crippen molar-refractivity contribution in [3.8, 4) is 5.75 Å². The maximum absolute atomic E-state index is 6.43. The Balaban J connectivity index is 1.54. The summed E-state index contributed by atoms with van der Waals surface area (Å²) in [6, 6.07) is 19.4. The van der Waals surface area contributed by atoms with Crippen molar-refractivity contribution in [1.29, 1.82) is 0 Å². The number of hydrogen-bond donors (Lipinski definition) is 1. The van der Waals surface area contributed by atoms with Gasteiger partial charge in [-0.2, -0.15) is 0 Å². The number of rotatable bonds is 5. The van der Waals surface area contributed by atoms with Crippen LogP contribution in [0.4, 0.5) is 11.5 Å². The summed E-state index contributed by atoms with van der Waals surface area (Å²) in [5, 5.41) is 4.75. The van der Waals surface area contributed by atoms with Crippen LogP contribution < -0.4 is 10.1 Å². The second-order valence-corrected chi connectivity index (χ2v) is 8.21. The van der Waals surface area contributed by atoms with Gasteiger partial charge in [-0.3, -0.25) is 0 Å². The molecule has 4 aromatic rings. The Hall–Kier alpha value is -2.15. The van der Waals surface area contributed by atoms with Gasteiger partial charge in [0.1, 0.15) is 24.5 Å². The normalized spacial score (nSPS) is 10.8. The van der Waals surface area contributed by atoms with Gasteiger partial charge in [-0.15, -0.1) is 0 Å². The molecule has 0 aliphatic rings. The fourth-order valence-corrected chi connectivity index (χ4v) is 3.73. The molecule has 0 atom stereocenters. The van der Waals surface area contributed by atoms with Crippen LogP contribution in [0.3, 0.4) is 0 Å². The van der Waals surface area contributed by atoms with E-state index in [1.165, 1.54) is 6.33 Å². The van der Waals surface area contributed by atoms with Crippen LogP contribution in [-0.2, 0) is 6.61 Å². The molecule has 1 aromatic heterocycles. The van der Waals surface area contributed by atoms with E-state index in [0.29, 0.717) is 23.2 Å². The van der Waals surface area contributed by atoms with Gasteiger partial charge in [-0.25, -0.2) is 9.97 Å². The van der Waals surface area contributed by atoms with Gasteiger partial charge in [0.05, 0.1) is 10.5 Å². The maximum Gasteiger partial charge on any atom is 0.141 e. The van der Waals surface area contributed by atoms with Crippen molar-refractivity contribution in [2.24, 2.45) is 0 Å². The molecule has 0 radical (unpaired) electrons. The summed E-state index contributed by atoms with van der Waals surface area (Å²) >= 11 is 13.4. The minimum Gasteiger partial charge on any atom is -0.487 e. The number of ether oxygens (including phenoxy) is 1. The zero-order chi connectivity index (χ0) is 19.5. The molecule has 0 saturated heterocycles. The van der Waals surface area contributed by atoms with E-state index in [1.807, 2.05) is 60.7 Å². The Labute approximate surface area is 184 Å². The molecule has 0 fully saturated rings. The molecule has 1 heterocycles. The predicted octanol–water partition coefficient (Wildman–Crippen LogP) is 7.13. The van der Waals surface area contributed by atoms with Crippen LogP contribution in [0.1, 0.15) is 5.56 Å². The first-order valence-electron chi connectivity index (χ1n) is 8.43. The molecule has 140 valence electrons. The Kier molecular flexibility index (Phi) is 5.80. The number of benzene rings is 3. The molecule has 4 rings (SSSR count). The van der Waals surface area contributed by atoms with Crippen LogP contribution in [0.15, 0.2) is 75.9 Å². The lowest BCUT2D eigenvalue weighted by atomic mass is 10.2. The van der Waals surface area contributed by atoms with Gasteiger partial charge in [-0.05, 0) is 42.5 Å². The van der Waals surface area contributed by atoms with Gasteiger partial charge >= 0.3 is 0 Å². The Morgan fingerprint density at radius 1 is 0.964 bits per heavy atom. The summed E-state index contributed by atoms with van der Waals surface area (Å²) in [4.78, 5) is 8.65. The van der Waals surface area contributed by atoms with Crippen LogP contribution in [0.5, 0.6) is 5.75 Å². The second-order valence-electron chi connectivity index (χ2n) is 6.03. The number of aromatic nitrogens is 2. The number of fused-ring (bicyclic) bond motifs is 1. The first kappa shape index (κ1) is 19.2. The summed E-state index contributed by atoms with van der Waals surface area (Å²) in [7, 11) is 0. The van der Waals surface area contributed by atoms with Crippen molar-refractivity contribution in [2.75, 3.05) is 5.32 Å². The van der Waals surface area contributed by atoms with Gasteiger partial charge in [0.2, 0.25) is 0 Å². The molecule has 3 aromatic carbocycles. The average Bonchev–Trinajstić information content (AvgIpc) is 2.69. The molecule has 0 aliphatic heterocycles. The molecule has 0 bridgehead atoms. The lowest BCUT2D eigenvalue weighted by Gasteiger charge is -2.12. The predicted molar refractivity (Wildman–Crippen MR) is 120 cm³/mol. The van der Waals surface area contributed by atoms with E-state index in [0.717, 1.165) is 31.1 Å². The van der Waals surface area contributed by atoms with Crippen LogP contribution in [0, 0.1) is 0 Å². The van der Waals surface area contributed by atoms with Gasteiger partial charge in [0.15, 0.2) is 0 Å². The molecule has 4 nitrogen and oxygen atoms in total. The number of nitrogens with zero attached hydrogens (tertiary/aromatic N) is 2. The molecule has 0 aliphatic carbocycles. The molecular weight excluding hydrogens is 506 g/mol. The maximum atomic E-state index is 6.43. The average molecular weight is 520 g/mol. The highest BCUT2D eigenvalue weighted by molar-refractivity contribution is 9.10. The molecule has 0 unspecified atom stereocenters. The van der Waals surface area contributed by atoms with E-state index in [-0.39, 0.29) is 0 Å². The summed E-state index contributed by atoms with van der Waals surface area (Å²) < 4.78 is 7.84. The summed E-state index contributed by atoms with van der Waals surface area (Å²) in [5.74, 6) is 1.34.